The number of nitrogens with zero attached hydrogens (tertiary/aromatic N) is 1. The van der Waals surface area contributed by atoms with Gasteiger partial charge in [-0.25, -0.2) is 4.79 Å². The molecule has 0 aromatic rings. The van der Waals surface area contributed by atoms with E-state index in [2.05, 4.69) is 10.6 Å². The molecular weight excluding hydrogens is 675 g/mol. The molecule has 248 valence electrons. The van der Waals surface area contributed by atoms with Crippen LogP contribution in [0.2, 0.25) is 0 Å². The van der Waals surface area contributed by atoms with Crippen LogP contribution in [0.1, 0.15) is 34.1 Å². The maximum atomic E-state index is 10.5. The van der Waals surface area contributed by atoms with E-state index < -0.39 is 59.6 Å². The fraction of sp³-hybridized carbons (Fsp3) is 0.455. The van der Waals surface area contributed by atoms with E-state index in [9.17, 15) is 24.3 Å². The minimum absolute atomic E-state index is 0. The van der Waals surface area contributed by atoms with Gasteiger partial charge in [-0.15, -0.1) is 13.1 Å². The predicted molar refractivity (Wildman–Crippen MR) is 130 cm³/mol. The molecule has 1 fully saturated rings. The molecular formula is C22H32Cu2N2O16. The minimum Gasteiger partial charge on any atom is -0.661 e. The molecule has 2 rings (SSSR count). The minimum atomic E-state index is -1.35. The fourth-order valence-electron chi connectivity index (χ4n) is 2.04. The average Bonchev–Trinajstić information content (AvgIpc) is 2.78. The number of aliphatic carboxylic acids is 8. The van der Waals surface area contributed by atoms with Crippen molar-refractivity contribution in [1.82, 2.24) is 5.32 Å². The van der Waals surface area contributed by atoms with Crippen molar-refractivity contribution in [3.8, 4) is 0 Å². The number of nitrogens with one attached hydrogen (secondary N) is 1. The van der Waals surface area contributed by atoms with Gasteiger partial charge in [-0.1, -0.05) is 0 Å². The van der Waals surface area contributed by atoms with E-state index in [4.69, 9.17) is 54.9 Å². The van der Waals surface area contributed by atoms with Gasteiger partial charge < -0.3 is 56.3 Å². The van der Waals surface area contributed by atoms with Crippen LogP contribution < -0.4 is 10.4 Å². The van der Waals surface area contributed by atoms with E-state index >= 15 is 0 Å². The summed E-state index contributed by atoms with van der Waals surface area (Å²) in [6.45, 7) is 4.93. The van der Waals surface area contributed by atoms with Crippen LogP contribution in [0.15, 0.2) is 23.4 Å². The van der Waals surface area contributed by atoms with Crippen LogP contribution in [0.5, 0.6) is 0 Å². The van der Waals surface area contributed by atoms with Gasteiger partial charge in [0.25, 0.3) is 23.9 Å². The third kappa shape index (κ3) is 43.1. The molecule has 0 saturated carbocycles. The normalized spacial score (nSPS) is 15.3. The number of dihydropyridines is 1. The summed E-state index contributed by atoms with van der Waals surface area (Å²) in [4.78, 5) is 77.6. The molecule has 2 atom stereocenters. The largest absolute Gasteiger partial charge is 1.00 e. The molecule has 0 aromatic heterocycles. The average molecular weight is 708 g/mol. The summed E-state index contributed by atoms with van der Waals surface area (Å²) in [7, 11) is 0. The first-order valence-electron chi connectivity index (χ1n) is 10.6. The smallest absolute Gasteiger partial charge is 0.661 e. The van der Waals surface area contributed by atoms with Crippen LogP contribution in [0, 0.1) is 11.8 Å². The molecule has 2 unspecified atom stereocenters. The predicted octanol–water partition coefficient (Wildman–Crippen LogP) is -1.24. The topological polar surface area (TPSA) is 327 Å². The number of carbonyl (C=O) groups excluding carboxylic acids is 1. The SMILES string of the molecule is CC(=O)O.CC(=O)O.CC(=O)O.CC(=O)O.O=C(O)C1C[N-]CC(C(=O)O)C1.O=C([O-])C1=CC(C(=O)O)=CNC1.[Cu+].[Cu+]. The second-order valence-electron chi connectivity index (χ2n) is 7.21. The van der Waals surface area contributed by atoms with Crippen LogP contribution >= 0.6 is 0 Å². The van der Waals surface area contributed by atoms with Gasteiger partial charge in [-0.05, 0) is 18.1 Å². The number of hydrogen-bond acceptors (Lipinski definition) is 10. The fourth-order valence-corrected chi connectivity index (χ4v) is 2.04. The molecule has 0 aliphatic carbocycles. The first-order valence-corrected chi connectivity index (χ1v) is 10.6. The van der Waals surface area contributed by atoms with Gasteiger partial charge in [0.15, 0.2) is 0 Å². The van der Waals surface area contributed by atoms with Gasteiger partial charge in [0.2, 0.25) is 0 Å². The number of rotatable bonds is 4. The maximum absolute atomic E-state index is 10.5. The Kier molecular flexibility index (Phi) is 36.3. The van der Waals surface area contributed by atoms with E-state index in [0.717, 1.165) is 33.8 Å². The summed E-state index contributed by atoms with van der Waals surface area (Å²) >= 11 is 0. The Morgan fingerprint density at radius 3 is 1.26 bits per heavy atom. The Morgan fingerprint density at radius 1 is 0.714 bits per heavy atom. The van der Waals surface area contributed by atoms with Crippen LogP contribution in [-0.2, 0) is 72.5 Å². The Balaban J connectivity index is -0.000000100. The van der Waals surface area contributed by atoms with E-state index in [1.807, 2.05) is 0 Å². The van der Waals surface area contributed by atoms with E-state index in [1.165, 1.54) is 6.20 Å². The second kappa shape index (κ2) is 30.0. The molecule has 42 heavy (non-hydrogen) atoms. The molecule has 0 amide bonds. The van der Waals surface area contributed by atoms with Gasteiger partial charge in [0, 0.05) is 52.3 Å². The number of carbonyl (C=O) groups is 8. The molecule has 2 aliphatic rings. The monoisotopic (exact) mass is 706 g/mol. The van der Waals surface area contributed by atoms with Crippen LogP contribution in [0.3, 0.4) is 0 Å². The summed E-state index contributed by atoms with van der Waals surface area (Å²) in [6, 6.07) is 0. The zero-order valence-electron chi connectivity index (χ0n) is 22.5. The molecule has 0 spiro atoms. The zero-order chi connectivity index (χ0) is 32.6. The van der Waals surface area contributed by atoms with Gasteiger partial charge in [-0.2, -0.15) is 0 Å². The van der Waals surface area contributed by atoms with Crippen molar-refractivity contribution in [2.45, 2.75) is 34.1 Å². The molecule has 8 N–H and O–H groups in total. The first kappa shape index (κ1) is 50.8. The van der Waals surface area contributed by atoms with Crippen molar-refractivity contribution in [1.29, 1.82) is 0 Å². The van der Waals surface area contributed by atoms with Gasteiger partial charge in [0.05, 0.1) is 11.5 Å². The van der Waals surface area contributed by atoms with E-state index in [0.29, 0.717) is 0 Å². The van der Waals surface area contributed by atoms with Crippen molar-refractivity contribution in [2.75, 3.05) is 19.6 Å². The third-order valence-corrected chi connectivity index (χ3v) is 3.36. The van der Waals surface area contributed by atoms with Crippen LogP contribution in [-0.4, -0.2) is 103 Å². The molecule has 18 nitrogen and oxygen atoms in total. The molecule has 2 aliphatic heterocycles. The van der Waals surface area contributed by atoms with Crippen molar-refractivity contribution in [3.63, 3.8) is 0 Å². The summed E-state index contributed by atoms with van der Waals surface area (Å²) in [6.07, 6.45) is 2.52. The Bertz CT molecular complexity index is 882. The molecule has 0 radical (unpaired) electrons. The first-order chi connectivity index (χ1) is 18.1. The van der Waals surface area contributed by atoms with Crippen molar-refractivity contribution >= 4 is 47.8 Å². The van der Waals surface area contributed by atoms with Crippen molar-refractivity contribution < 1.29 is 113 Å². The van der Waals surface area contributed by atoms with Gasteiger partial charge >= 0.3 is 52.0 Å². The maximum Gasteiger partial charge on any atom is 1.00 e. The molecule has 2 heterocycles. The number of carboxylic acid groups (broad SMARTS) is 8. The summed E-state index contributed by atoms with van der Waals surface area (Å²) in [5.41, 5.74) is -0.143. The zero-order valence-corrected chi connectivity index (χ0v) is 24.4. The molecule has 20 heteroatoms. The molecule has 0 bridgehead atoms. The second-order valence-corrected chi connectivity index (χ2v) is 7.21. The van der Waals surface area contributed by atoms with Crippen molar-refractivity contribution in [2.24, 2.45) is 11.8 Å². The number of carboxylic acids is 8. The standard InChI is InChI=1S/C7H10NO4.C7H7NO4.4C2H4O2.2Cu/c2*9-6(10)4-1-5(7(11)12)3-8-2-4;4*1-2(3)4;;/h4-5H,1-3H2,(H,9,10)(H,11,12);1-2,8H,3H2,(H,9,10)(H,11,12);4*1H3,(H,3,4);;/q-1;;;;;;2*+1/p-1. The number of piperidine rings is 1. The molecule has 1 saturated heterocycles. The Hall–Kier alpha value is -3.96. The Morgan fingerprint density at radius 2 is 1.02 bits per heavy atom. The number of hydrogen-bond donors (Lipinski definition) is 8. The van der Waals surface area contributed by atoms with Gasteiger partial charge in [-0.3, -0.25) is 28.8 Å². The van der Waals surface area contributed by atoms with Gasteiger partial charge in [0.1, 0.15) is 0 Å². The summed E-state index contributed by atoms with van der Waals surface area (Å²) in [5, 5.41) is 71.9. The van der Waals surface area contributed by atoms with Crippen molar-refractivity contribution in [3.05, 3.63) is 28.7 Å². The van der Waals surface area contributed by atoms with Crippen LogP contribution in [0.4, 0.5) is 0 Å². The third-order valence-electron chi connectivity index (χ3n) is 3.36. The Labute approximate surface area is 260 Å². The van der Waals surface area contributed by atoms with Crippen LogP contribution in [0.25, 0.3) is 5.32 Å². The van der Waals surface area contributed by atoms with E-state index in [1.54, 1.807) is 0 Å². The van der Waals surface area contributed by atoms with E-state index in [-0.39, 0.29) is 71.3 Å². The summed E-state index contributed by atoms with van der Waals surface area (Å²) < 4.78 is 0. The molecule has 0 aromatic carbocycles. The quantitative estimate of drug-likeness (QED) is 0.158. The summed E-state index contributed by atoms with van der Waals surface area (Å²) in [5.74, 6) is -8.98.